The van der Waals surface area contributed by atoms with E-state index in [4.69, 9.17) is 9.72 Å². The molecule has 1 aliphatic rings. The Balaban J connectivity index is 0.000000652. The van der Waals surface area contributed by atoms with Crippen LogP contribution in [-0.2, 0) is 23.4 Å². The summed E-state index contributed by atoms with van der Waals surface area (Å²) in [6.45, 7) is 4.65. The zero-order valence-electron chi connectivity index (χ0n) is 24.2. The fourth-order valence-electron chi connectivity index (χ4n) is 4.84. The van der Waals surface area contributed by atoms with Crippen LogP contribution in [0.1, 0.15) is 41.6 Å². The molecule has 0 saturated carbocycles. The lowest BCUT2D eigenvalue weighted by Crippen LogP contribution is -2.12. The van der Waals surface area contributed by atoms with E-state index in [1.165, 1.54) is 33.5 Å². The standard InChI is InChI=1S/C28H27N5O2S2.C3H7NO/c1-3-35-20-13-11-19(12-14-20)33-25(18-8-6-7-17(2)15-18)31-32-28(33)36-16-23-29-26(34)24-21-9-4-5-10-22(21)37-27(24)30-23;1-4(2)3-5/h6-8,11-15H,3-5,9-10,16H2,1-2H3,(H,29,30,34);3H,1-2H3. The number of thiophene rings is 1. The number of hydrogen-bond acceptors (Lipinski definition) is 8. The maximum absolute atomic E-state index is 13.0. The normalized spacial score (nSPS) is 12.4. The number of benzene rings is 2. The highest BCUT2D eigenvalue weighted by molar-refractivity contribution is 7.98. The first-order chi connectivity index (χ1) is 20.4. The number of rotatable bonds is 8. The van der Waals surface area contributed by atoms with Gasteiger partial charge in [-0.05, 0) is 75.4 Å². The van der Waals surface area contributed by atoms with Crippen LogP contribution in [0, 0.1) is 6.92 Å². The van der Waals surface area contributed by atoms with E-state index in [9.17, 15) is 9.59 Å². The molecule has 2 aromatic carbocycles. The monoisotopic (exact) mass is 602 g/mol. The Morgan fingerprint density at radius 3 is 2.60 bits per heavy atom. The van der Waals surface area contributed by atoms with Gasteiger partial charge in [-0.1, -0.05) is 35.5 Å². The van der Waals surface area contributed by atoms with E-state index in [1.807, 2.05) is 43.3 Å². The summed E-state index contributed by atoms with van der Waals surface area (Å²) in [6, 6.07) is 16.2. The molecule has 0 spiro atoms. The molecule has 0 radical (unpaired) electrons. The Bertz CT molecular complexity index is 1740. The van der Waals surface area contributed by atoms with Crippen molar-refractivity contribution in [2.24, 2.45) is 0 Å². The van der Waals surface area contributed by atoms with Crippen molar-refractivity contribution in [1.29, 1.82) is 0 Å². The van der Waals surface area contributed by atoms with Gasteiger partial charge in [0.2, 0.25) is 6.41 Å². The number of aryl methyl sites for hydroxylation is 3. The number of carbonyl (C=O) groups excluding carboxylic acids is 1. The highest BCUT2D eigenvalue weighted by atomic mass is 32.2. The van der Waals surface area contributed by atoms with Gasteiger partial charge in [-0.25, -0.2) is 4.98 Å². The Kier molecular flexibility index (Phi) is 9.38. The number of thioether (sulfide) groups is 1. The molecule has 218 valence electrons. The summed E-state index contributed by atoms with van der Waals surface area (Å²) in [5, 5.41) is 10.6. The zero-order chi connectivity index (χ0) is 29.6. The van der Waals surface area contributed by atoms with Gasteiger partial charge < -0.3 is 14.6 Å². The summed E-state index contributed by atoms with van der Waals surface area (Å²) in [5.41, 5.74) is 4.26. The van der Waals surface area contributed by atoms with E-state index in [1.54, 1.807) is 25.4 Å². The van der Waals surface area contributed by atoms with Crippen LogP contribution in [0.5, 0.6) is 5.75 Å². The smallest absolute Gasteiger partial charge is 0.259 e. The maximum Gasteiger partial charge on any atom is 0.259 e. The Hall–Kier alpha value is -3.96. The van der Waals surface area contributed by atoms with Crippen molar-refractivity contribution in [3.05, 3.63) is 80.7 Å². The average Bonchev–Trinajstić information content (AvgIpc) is 3.59. The van der Waals surface area contributed by atoms with Gasteiger partial charge in [0.1, 0.15) is 16.4 Å². The topological polar surface area (TPSA) is 106 Å². The van der Waals surface area contributed by atoms with Crippen LogP contribution in [0.3, 0.4) is 0 Å². The summed E-state index contributed by atoms with van der Waals surface area (Å²) in [7, 11) is 3.38. The third kappa shape index (κ3) is 6.57. The quantitative estimate of drug-likeness (QED) is 0.176. The first kappa shape index (κ1) is 29.5. The lowest BCUT2D eigenvalue weighted by molar-refractivity contribution is -0.115. The van der Waals surface area contributed by atoms with E-state index in [2.05, 4.69) is 38.8 Å². The van der Waals surface area contributed by atoms with Crippen LogP contribution in [0.25, 0.3) is 27.3 Å². The molecule has 9 nitrogen and oxygen atoms in total. The fourth-order valence-corrected chi connectivity index (χ4v) is 6.94. The van der Waals surface area contributed by atoms with Gasteiger partial charge >= 0.3 is 0 Å². The van der Waals surface area contributed by atoms with Crippen molar-refractivity contribution in [2.75, 3.05) is 20.7 Å². The summed E-state index contributed by atoms with van der Waals surface area (Å²) in [4.78, 5) is 33.9. The number of carbonyl (C=O) groups is 1. The minimum atomic E-state index is -0.0339. The highest BCUT2D eigenvalue weighted by Crippen LogP contribution is 2.34. The van der Waals surface area contributed by atoms with Crippen LogP contribution in [0.2, 0.25) is 0 Å². The van der Waals surface area contributed by atoms with E-state index in [0.29, 0.717) is 18.2 Å². The molecule has 0 atom stereocenters. The van der Waals surface area contributed by atoms with Crippen LogP contribution < -0.4 is 10.3 Å². The van der Waals surface area contributed by atoms with E-state index < -0.39 is 0 Å². The number of H-pyrrole nitrogens is 1. The molecule has 3 aromatic heterocycles. The molecular weight excluding hydrogens is 569 g/mol. The van der Waals surface area contributed by atoms with Gasteiger partial charge in [-0.15, -0.1) is 21.5 Å². The molecule has 1 aliphatic carbocycles. The average molecular weight is 603 g/mol. The third-order valence-electron chi connectivity index (χ3n) is 6.74. The van der Waals surface area contributed by atoms with Crippen LogP contribution in [-0.4, -0.2) is 56.7 Å². The second-order valence-corrected chi connectivity index (χ2v) is 12.2. The Labute approximate surface area is 253 Å². The predicted molar refractivity (Wildman–Crippen MR) is 169 cm³/mol. The molecule has 42 heavy (non-hydrogen) atoms. The number of nitrogens with zero attached hydrogens (tertiary/aromatic N) is 5. The van der Waals surface area contributed by atoms with Crippen molar-refractivity contribution >= 4 is 39.7 Å². The van der Waals surface area contributed by atoms with E-state index >= 15 is 0 Å². The zero-order valence-corrected chi connectivity index (χ0v) is 25.8. The molecule has 3 heterocycles. The van der Waals surface area contributed by atoms with E-state index in [0.717, 1.165) is 69.4 Å². The lowest BCUT2D eigenvalue weighted by atomic mass is 9.97. The summed E-state index contributed by atoms with van der Waals surface area (Å²) in [5.74, 6) is 2.72. The van der Waals surface area contributed by atoms with Crippen LogP contribution >= 0.6 is 23.1 Å². The van der Waals surface area contributed by atoms with Crippen molar-refractivity contribution in [2.45, 2.75) is 50.4 Å². The Morgan fingerprint density at radius 2 is 1.88 bits per heavy atom. The molecule has 1 amide bonds. The van der Waals surface area contributed by atoms with Gasteiger partial charge in [0.25, 0.3) is 5.56 Å². The first-order valence-corrected chi connectivity index (χ1v) is 15.7. The second-order valence-electron chi connectivity index (χ2n) is 10.2. The molecule has 6 rings (SSSR count). The minimum Gasteiger partial charge on any atom is -0.494 e. The molecular formula is C31H34N6O3S2. The molecule has 1 N–H and O–H groups in total. The number of fused-ring (bicyclic) bond motifs is 3. The first-order valence-electron chi connectivity index (χ1n) is 13.9. The second kappa shape index (κ2) is 13.3. The number of hydrogen-bond donors (Lipinski definition) is 1. The third-order valence-corrected chi connectivity index (χ3v) is 8.86. The molecule has 0 saturated heterocycles. The van der Waals surface area contributed by atoms with Crippen molar-refractivity contribution in [3.8, 4) is 22.8 Å². The number of amides is 1. The fraction of sp³-hybridized carbons (Fsp3) is 0.323. The van der Waals surface area contributed by atoms with Crippen molar-refractivity contribution in [3.63, 3.8) is 0 Å². The van der Waals surface area contributed by atoms with Crippen LogP contribution in [0.15, 0.2) is 58.5 Å². The molecule has 0 aliphatic heterocycles. The number of aromatic nitrogens is 5. The molecule has 0 unspecified atom stereocenters. The Morgan fingerprint density at radius 1 is 1.12 bits per heavy atom. The van der Waals surface area contributed by atoms with Gasteiger partial charge in [0.15, 0.2) is 11.0 Å². The largest absolute Gasteiger partial charge is 0.494 e. The van der Waals surface area contributed by atoms with Crippen LogP contribution in [0.4, 0.5) is 0 Å². The molecule has 5 aromatic rings. The molecule has 11 heteroatoms. The predicted octanol–water partition coefficient (Wildman–Crippen LogP) is 5.81. The SMILES string of the molecule is CCOc1ccc(-n2c(SCc3nc4sc5c(c4c(=O)[nH]3)CCCC5)nnc2-c2cccc(C)c2)cc1.CN(C)C=O. The minimum absolute atomic E-state index is 0.0339. The molecule has 0 fully saturated rings. The van der Waals surface area contributed by atoms with E-state index in [-0.39, 0.29) is 5.56 Å². The number of aromatic amines is 1. The molecule has 0 bridgehead atoms. The number of ether oxygens (including phenoxy) is 1. The lowest BCUT2D eigenvalue weighted by Gasteiger charge is -2.12. The van der Waals surface area contributed by atoms with Crippen molar-refractivity contribution in [1.82, 2.24) is 29.6 Å². The van der Waals surface area contributed by atoms with Gasteiger partial charge in [-0.3, -0.25) is 14.2 Å². The summed E-state index contributed by atoms with van der Waals surface area (Å²) < 4.78 is 7.69. The highest BCUT2D eigenvalue weighted by Gasteiger charge is 2.21. The van der Waals surface area contributed by atoms with Gasteiger partial charge in [0, 0.05) is 30.2 Å². The van der Waals surface area contributed by atoms with Gasteiger partial charge in [-0.2, -0.15) is 0 Å². The summed E-state index contributed by atoms with van der Waals surface area (Å²) in [6.07, 6.45) is 5.10. The maximum atomic E-state index is 13.0. The summed E-state index contributed by atoms with van der Waals surface area (Å²) >= 11 is 3.18. The number of nitrogens with one attached hydrogen (secondary N) is 1. The van der Waals surface area contributed by atoms with Crippen molar-refractivity contribution < 1.29 is 9.53 Å². The van der Waals surface area contributed by atoms with Gasteiger partial charge in [0.05, 0.1) is 17.7 Å².